The Balaban J connectivity index is 1.75. The second-order valence-electron chi connectivity index (χ2n) is 5.44. The molecule has 2 aliphatic rings. The second-order valence-corrected chi connectivity index (χ2v) is 5.44. The van der Waals surface area contributed by atoms with E-state index in [0.717, 1.165) is 25.7 Å². The fraction of sp³-hybridized carbons (Fsp3) is 1.00. The Bertz CT molecular complexity index is 202. The zero-order chi connectivity index (χ0) is 11.4. The number of hydrogen-bond donors (Lipinski definition) is 1. The van der Waals surface area contributed by atoms with Crippen LogP contribution in [0.25, 0.3) is 0 Å². The van der Waals surface area contributed by atoms with Crippen LogP contribution in [0, 0.1) is 11.8 Å². The molecule has 0 amide bonds. The Hall–Kier alpha value is -0.120. The lowest BCUT2D eigenvalue weighted by atomic mass is 9.96. The average molecular weight is 226 g/mol. The van der Waals surface area contributed by atoms with E-state index in [2.05, 4.69) is 24.1 Å². The molecule has 94 valence electrons. The molecule has 0 radical (unpaired) electrons. The van der Waals surface area contributed by atoms with Gasteiger partial charge in [0.2, 0.25) is 0 Å². The normalized spacial score (nSPS) is 33.4. The van der Waals surface area contributed by atoms with Crippen molar-refractivity contribution in [2.45, 2.75) is 32.7 Å². The van der Waals surface area contributed by atoms with Crippen molar-refractivity contribution in [2.75, 3.05) is 39.4 Å². The van der Waals surface area contributed by atoms with E-state index in [9.17, 15) is 0 Å². The highest BCUT2D eigenvalue weighted by Crippen LogP contribution is 2.20. The van der Waals surface area contributed by atoms with Gasteiger partial charge >= 0.3 is 0 Å². The summed E-state index contributed by atoms with van der Waals surface area (Å²) in [5.41, 5.74) is 0. The maximum Gasteiger partial charge on any atom is 0.0623 e. The first-order valence-electron chi connectivity index (χ1n) is 6.83. The number of ether oxygens (including phenoxy) is 1. The van der Waals surface area contributed by atoms with Gasteiger partial charge in [0.25, 0.3) is 0 Å². The summed E-state index contributed by atoms with van der Waals surface area (Å²) < 4.78 is 5.60. The van der Waals surface area contributed by atoms with Crippen molar-refractivity contribution in [3.8, 4) is 0 Å². The lowest BCUT2D eigenvalue weighted by molar-refractivity contribution is 0.143. The molecule has 2 atom stereocenters. The fourth-order valence-corrected chi connectivity index (χ4v) is 2.84. The van der Waals surface area contributed by atoms with Gasteiger partial charge in [-0.05, 0) is 38.4 Å². The van der Waals surface area contributed by atoms with E-state index in [-0.39, 0.29) is 0 Å². The highest BCUT2D eigenvalue weighted by molar-refractivity contribution is 4.84. The summed E-state index contributed by atoms with van der Waals surface area (Å²) in [6, 6.07) is 0.587. The smallest absolute Gasteiger partial charge is 0.0623 e. The third-order valence-corrected chi connectivity index (χ3v) is 4.03. The van der Waals surface area contributed by atoms with Crippen molar-refractivity contribution in [3.63, 3.8) is 0 Å². The van der Waals surface area contributed by atoms with Crippen LogP contribution in [-0.4, -0.2) is 50.3 Å². The lowest BCUT2D eigenvalue weighted by Crippen LogP contribution is -2.43. The molecule has 2 heterocycles. The molecule has 0 aromatic heterocycles. The van der Waals surface area contributed by atoms with Crippen LogP contribution >= 0.6 is 0 Å². The molecular weight excluding hydrogens is 200 g/mol. The quantitative estimate of drug-likeness (QED) is 0.783. The summed E-state index contributed by atoms with van der Waals surface area (Å²) >= 11 is 0. The van der Waals surface area contributed by atoms with Gasteiger partial charge in [-0.25, -0.2) is 0 Å². The number of likely N-dealkylation sites (N-methyl/N-ethyl adjacent to an activating group) is 1. The molecular formula is C13H26N2O. The van der Waals surface area contributed by atoms with Gasteiger partial charge in [-0.15, -0.1) is 0 Å². The maximum atomic E-state index is 5.60. The first-order valence-corrected chi connectivity index (χ1v) is 6.83. The van der Waals surface area contributed by atoms with Crippen molar-refractivity contribution < 1.29 is 4.74 Å². The molecule has 2 rings (SSSR count). The highest BCUT2D eigenvalue weighted by Gasteiger charge is 2.29. The molecule has 2 fully saturated rings. The molecule has 16 heavy (non-hydrogen) atoms. The van der Waals surface area contributed by atoms with Gasteiger partial charge in [0, 0.05) is 18.5 Å². The van der Waals surface area contributed by atoms with Crippen molar-refractivity contribution in [3.05, 3.63) is 0 Å². The standard InChI is InChI=1S/C13H26N2O/c1-3-14-13-10-16-9-12(13)8-15-6-4-11(2)5-7-15/h11-14H,3-10H2,1-2H3. The van der Waals surface area contributed by atoms with Gasteiger partial charge in [0.15, 0.2) is 0 Å². The van der Waals surface area contributed by atoms with E-state index >= 15 is 0 Å². The number of hydrogen-bond acceptors (Lipinski definition) is 3. The van der Waals surface area contributed by atoms with Gasteiger partial charge in [-0.1, -0.05) is 13.8 Å². The minimum atomic E-state index is 0.587. The Morgan fingerprint density at radius 1 is 1.25 bits per heavy atom. The number of nitrogens with one attached hydrogen (secondary N) is 1. The molecule has 0 bridgehead atoms. The molecule has 0 aliphatic carbocycles. The van der Waals surface area contributed by atoms with E-state index in [0.29, 0.717) is 12.0 Å². The minimum Gasteiger partial charge on any atom is -0.379 e. The van der Waals surface area contributed by atoms with Crippen molar-refractivity contribution in [2.24, 2.45) is 11.8 Å². The third kappa shape index (κ3) is 3.19. The Labute approximate surface area is 99.5 Å². The second kappa shape index (κ2) is 5.99. The van der Waals surface area contributed by atoms with Crippen LogP contribution in [0.1, 0.15) is 26.7 Å². The summed E-state index contributed by atoms with van der Waals surface area (Å²) in [6.45, 7) is 11.3. The van der Waals surface area contributed by atoms with Crippen molar-refractivity contribution in [1.82, 2.24) is 10.2 Å². The molecule has 1 N–H and O–H groups in total. The summed E-state index contributed by atoms with van der Waals surface area (Å²) in [4.78, 5) is 2.63. The summed E-state index contributed by atoms with van der Waals surface area (Å²) in [7, 11) is 0. The van der Waals surface area contributed by atoms with E-state index in [4.69, 9.17) is 4.74 Å². The van der Waals surface area contributed by atoms with Crippen LogP contribution in [0.3, 0.4) is 0 Å². The van der Waals surface area contributed by atoms with Crippen LogP contribution in [-0.2, 0) is 4.74 Å². The zero-order valence-corrected chi connectivity index (χ0v) is 10.7. The van der Waals surface area contributed by atoms with E-state index in [1.807, 2.05) is 0 Å². The van der Waals surface area contributed by atoms with E-state index < -0.39 is 0 Å². The largest absolute Gasteiger partial charge is 0.379 e. The molecule has 2 aliphatic heterocycles. The summed E-state index contributed by atoms with van der Waals surface area (Å²) in [6.07, 6.45) is 2.75. The van der Waals surface area contributed by atoms with Gasteiger partial charge in [0.1, 0.15) is 0 Å². The van der Waals surface area contributed by atoms with Crippen LogP contribution in [0.15, 0.2) is 0 Å². The average Bonchev–Trinajstić information content (AvgIpc) is 2.70. The predicted molar refractivity (Wildman–Crippen MR) is 66.6 cm³/mol. The number of nitrogens with zero attached hydrogens (tertiary/aromatic N) is 1. The molecule has 3 heteroatoms. The predicted octanol–water partition coefficient (Wildman–Crippen LogP) is 1.34. The SMILES string of the molecule is CCNC1COCC1CN1CCC(C)CC1. The topological polar surface area (TPSA) is 24.5 Å². The first-order chi connectivity index (χ1) is 7.79. The number of likely N-dealkylation sites (tertiary alicyclic amines) is 1. The zero-order valence-electron chi connectivity index (χ0n) is 10.7. The monoisotopic (exact) mass is 226 g/mol. The Morgan fingerprint density at radius 2 is 2.00 bits per heavy atom. The molecule has 2 unspecified atom stereocenters. The maximum absolute atomic E-state index is 5.60. The van der Waals surface area contributed by atoms with E-state index in [1.54, 1.807) is 0 Å². The molecule has 0 aromatic rings. The van der Waals surface area contributed by atoms with Gasteiger partial charge in [0.05, 0.1) is 13.2 Å². The van der Waals surface area contributed by atoms with Crippen LogP contribution in [0.4, 0.5) is 0 Å². The van der Waals surface area contributed by atoms with Crippen molar-refractivity contribution >= 4 is 0 Å². The molecule has 2 saturated heterocycles. The molecule has 3 nitrogen and oxygen atoms in total. The number of rotatable bonds is 4. The lowest BCUT2D eigenvalue weighted by Gasteiger charge is -2.33. The van der Waals surface area contributed by atoms with Crippen molar-refractivity contribution in [1.29, 1.82) is 0 Å². The van der Waals surface area contributed by atoms with Gasteiger partial charge < -0.3 is 15.0 Å². The van der Waals surface area contributed by atoms with Crippen LogP contribution < -0.4 is 5.32 Å². The summed E-state index contributed by atoms with van der Waals surface area (Å²) in [5.74, 6) is 1.63. The van der Waals surface area contributed by atoms with Gasteiger partial charge in [-0.2, -0.15) is 0 Å². The fourth-order valence-electron chi connectivity index (χ4n) is 2.84. The molecule has 0 saturated carbocycles. The van der Waals surface area contributed by atoms with Crippen LogP contribution in [0.5, 0.6) is 0 Å². The Kier molecular flexibility index (Phi) is 4.62. The summed E-state index contributed by atoms with van der Waals surface area (Å²) in [5, 5.41) is 3.54. The highest BCUT2D eigenvalue weighted by atomic mass is 16.5. The van der Waals surface area contributed by atoms with Crippen LogP contribution in [0.2, 0.25) is 0 Å². The molecule has 0 spiro atoms. The minimum absolute atomic E-state index is 0.587. The van der Waals surface area contributed by atoms with Gasteiger partial charge in [-0.3, -0.25) is 0 Å². The third-order valence-electron chi connectivity index (χ3n) is 4.03. The Morgan fingerprint density at radius 3 is 2.69 bits per heavy atom. The number of piperidine rings is 1. The first kappa shape index (κ1) is 12.3. The molecule has 0 aromatic carbocycles. The van der Waals surface area contributed by atoms with E-state index in [1.165, 1.54) is 32.5 Å².